The number of benzene rings is 2. The average molecular weight is 379 g/mol. The summed E-state index contributed by atoms with van der Waals surface area (Å²) in [6.07, 6.45) is 1.95. The minimum Gasteiger partial charge on any atom is -0.351 e. The molecule has 3 unspecified atom stereocenters. The Hall–Kier alpha value is -2.80. The van der Waals surface area contributed by atoms with E-state index in [1.807, 2.05) is 78.5 Å². The summed E-state index contributed by atoms with van der Waals surface area (Å²) in [5, 5.41) is 11.7. The molecule has 2 aromatic carbocycles. The Kier molecular flexibility index (Phi) is 4.85. The smallest absolute Gasteiger partial charge is 0.232 e. The summed E-state index contributed by atoms with van der Waals surface area (Å²) in [4.78, 5) is 17.8. The predicted molar refractivity (Wildman–Crippen MR) is 108 cm³/mol. The third-order valence-electron chi connectivity index (χ3n) is 4.78. The van der Waals surface area contributed by atoms with E-state index in [4.69, 9.17) is 0 Å². The van der Waals surface area contributed by atoms with Crippen LogP contribution < -0.4 is 10.6 Å². The standard InChI is InChI=1S/C20H21N5OS/c1-13-16(18(26)22-15-11-7-4-8-12-15)17(14-9-5-3-6-10-14)25-19(21-13)23-20(24-25)27-2/h3-13,16-17H,1-2H3,(H,22,26)(H,21,23,24). The molecule has 0 saturated carbocycles. The highest BCUT2D eigenvalue weighted by atomic mass is 32.2. The average Bonchev–Trinajstić information content (AvgIpc) is 3.11. The number of rotatable bonds is 4. The highest BCUT2D eigenvalue weighted by Crippen LogP contribution is 2.37. The molecule has 1 aromatic heterocycles. The van der Waals surface area contributed by atoms with Crippen LogP contribution in [0.2, 0.25) is 0 Å². The molecule has 2 N–H and O–H groups in total. The second-order valence-electron chi connectivity index (χ2n) is 6.54. The van der Waals surface area contributed by atoms with Gasteiger partial charge in [0.15, 0.2) is 0 Å². The molecule has 0 fully saturated rings. The van der Waals surface area contributed by atoms with Crippen LogP contribution >= 0.6 is 11.8 Å². The van der Waals surface area contributed by atoms with Crippen molar-refractivity contribution in [3.8, 4) is 0 Å². The largest absolute Gasteiger partial charge is 0.351 e. The van der Waals surface area contributed by atoms with Crippen molar-refractivity contribution in [2.24, 2.45) is 5.92 Å². The van der Waals surface area contributed by atoms with Gasteiger partial charge in [-0.15, -0.1) is 5.10 Å². The van der Waals surface area contributed by atoms with Gasteiger partial charge in [-0.2, -0.15) is 4.98 Å². The summed E-state index contributed by atoms with van der Waals surface area (Å²) in [7, 11) is 0. The van der Waals surface area contributed by atoms with E-state index in [9.17, 15) is 4.79 Å². The Balaban J connectivity index is 1.75. The number of carbonyl (C=O) groups is 1. The van der Waals surface area contributed by atoms with Crippen LogP contribution in [0.25, 0.3) is 0 Å². The molecule has 0 spiro atoms. The van der Waals surface area contributed by atoms with Gasteiger partial charge in [0.1, 0.15) is 0 Å². The van der Waals surface area contributed by atoms with Crippen LogP contribution in [0, 0.1) is 5.92 Å². The second kappa shape index (κ2) is 7.44. The van der Waals surface area contributed by atoms with E-state index < -0.39 is 0 Å². The fourth-order valence-electron chi connectivity index (χ4n) is 3.52. The topological polar surface area (TPSA) is 71.8 Å². The van der Waals surface area contributed by atoms with Crippen molar-refractivity contribution in [1.82, 2.24) is 14.8 Å². The molecule has 7 heteroatoms. The molecule has 0 aliphatic carbocycles. The Morgan fingerprint density at radius 3 is 2.44 bits per heavy atom. The van der Waals surface area contributed by atoms with Gasteiger partial charge in [0, 0.05) is 11.7 Å². The molecule has 138 valence electrons. The molecule has 3 atom stereocenters. The van der Waals surface area contributed by atoms with Crippen LogP contribution in [0.3, 0.4) is 0 Å². The van der Waals surface area contributed by atoms with Crippen LogP contribution in [-0.4, -0.2) is 33.0 Å². The zero-order valence-electron chi connectivity index (χ0n) is 15.2. The Labute approximate surface area is 162 Å². The van der Waals surface area contributed by atoms with Gasteiger partial charge >= 0.3 is 0 Å². The van der Waals surface area contributed by atoms with E-state index in [0.29, 0.717) is 11.1 Å². The fraction of sp³-hybridized carbons (Fsp3) is 0.250. The highest BCUT2D eigenvalue weighted by Gasteiger charge is 2.41. The van der Waals surface area contributed by atoms with Crippen molar-refractivity contribution in [1.29, 1.82) is 0 Å². The fourth-order valence-corrected chi connectivity index (χ4v) is 3.87. The quantitative estimate of drug-likeness (QED) is 0.677. The van der Waals surface area contributed by atoms with Crippen LogP contribution in [-0.2, 0) is 4.79 Å². The number of nitrogens with one attached hydrogen (secondary N) is 2. The first kappa shape index (κ1) is 17.6. The van der Waals surface area contributed by atoms with Crippen LogP contribution in [0.15, 0.2) is 65.8 Å². The molecule has 0 saturated heterocycles. The number of anilines is 2. The molecule has 0 radical (unpaired) electrons. The zero-order valence-corrected chi connectivity index (χ0v) is 16.0. The van der Waals surface area contributed by atoms with Crippen molar-refractivity contribution >= 4 is 29.3 Å². The van der Waals surface area contributed by atoms with Crippen molar-refractivity contribution in [3.63, 3.8) is 0 Å². The van der Waals surface area contributed by atoms with Gasteiger partial charge in [0.25, 0.3) is 0 Å². The molecular formula is C20H21N5OS. The first-order valence-corrected chi connectivity index (χ1v) is 10.1. The number of nitrogens with zero attached hydrogens (tertiary/aromatic N) is 3. The Morgan fingerprint density at radius 2 is 1.78 bits per heavy atom. The number of hydrogen-bond donors (Lipinski definition) is 2. The maximum atomic E-state index is 13.2. The molecule has 4 rings (SSSR count). The lowest BCUT2D eigenvalue weighted by Crippen LogP contribution is -2.46. The molecule has 6 nitrogen and oxygen atoms in total. The number of amides is 1. The lowest BCUT2D eigenvalue weighted by atomic mass is 9.85. The molecule has 1 aliphatic rings. The normalized spacial score (nSPS) is 21.2. The van der Waals surface area contributed by atoms with Gasteiger partial charge in [-0.1, -0.05) is 60.3 Å². The molecule has 3 aromatic rings. The van der Waals surface area contributed by atoms with Gasteiger partial charge in [-0.25, -0.2) is 4.68 Å². The van der Waals surface area contributed by atoms with E-state index in [-0.39, 0.29) is 23.9 Å². The predicted octanol–water partition coefficient (Wildman–Crippen LogP) is 3.66. The van der Waals surface area contributed by atoms with Crippen molar-refractivity contribution in [3.05, 3.63) is 66.2 Å². The maximum absolute atomic E-state index is 13.2. The summed E-state index contributed by atoms with van der Waals surface area (Å²) >= 11 is 1.49. The number of carbonyl (C=O) groups excluding carboxylic acids is 1. The lowest BCUT2D eigenvalue weighted by Gasteiger charge is -2.36. The zero-order chi connectivity index (χ0) is 18.8. The first-order chi connectivity index (χ1) is 13.2. The van der Waals surface area contributed by atoms with Crippen molar-refractivity contribution in [2.45, 2.75) is 24.2 Å². The monoisotopic (exact) mass is 379 g/mol. The summed E-state index contributed by atoms with van der Waals surface area (Å²) in [6.45, 7) is 2.02. The molecule has 1 aliphatic heterocycles. The maximum Gasteiger partial charge on any atom is 0.232 e. The van der Waals surface area contributed by atoms with E-state index in [2.05, 4.69) is 20.7 Å². The number of hydrogen-bond acceptors (Lipinski definition) is 5. The number of thioether (sulfide) groups is 1. The van der Waals surface area contributed by atoms with Crippen molar-refractivity contribution < 1.29 is 4.79 Å². The minimum absolute atomic E-state index is 0.0399. The summed E-state index contributed by atoms with van der Waals surface area (Å²) < 4.78 is 1.84. The number of fused-ring (bicyclic) bond motifs is 1. The van der Waals surface area contributed by atoms with Gasteiger partial charge in [-0.05, 0) is 30.9 Å². The molecule has 1 amide bonds. The molecular weight excluding hydrogens is 358 g/mol. The van der Waals surface area contributed by atoms with E-state index in [1.165, 1.54) is 11.8 Å². The van der Waals surface area contributed by atoms with Crippen LogP contribution in [0.5, 0.6) is 0 Å². The highest BCUT2D eigenvalue weighted by molar-refractivity contribution is 7.98. The second-order valence-corrected chi connectivity index (χ2v) is 7.31. The molecule has 27 heavy (non-hydrogen) atoms. The number of para-hydroxylation sites is 1. The van der Waals surface area contributed by atoms with Gasteiger partial charge in [0.2, 0.25) is 17.0 Å². The SMILES string of the molecule is CSc1nc2n(n1)C(c1ccccc1)C(C(=O)Nc1ccccc1)C(C)N2. The van der Waals surface area contributed by atoms with E-state index in [1.54, 1.807) is 0 Å². The molecule has 2 heterocycles. The third kappa shape index (κ3) is 3.42. The Morgan fingerprint density at radius 1 is 1.11 bits per heavy atom. The molecule has 0 bridgehead atoms. The third-order valence-corrected chi connectivity index (χ3v) is 5.32. The van der Waals surface area contributed by atoms with Crippen molar-refractivity contribution in [2.75, 3.05) is 16.9 Å². The van der Waals surface area contributed by atoms with E-state index in [0.717, 1.165) is 11.3 Å². The van der Waals surface area contributed by atoms with E-state index >= 15 is 0 Å². The number of aromatic nitrogens is 3. The summed E-state index contributed by atoms with van der Waals surface area (Å²) in [6, 6.07) is 19.2. The van der Waals surface area contributed by atoms with Crippen LogP contribution in [0.1, 0.15) is 18.5 Å². The summed E-state index contributed by atoms with van der Waals surface area (Å²) in [5.41, 5.74) is 1.83. The minimum atomic E-state index is -0.337. The van der Waals surface area contributed by atoms with Gasteiger partial charge in [0.05, 0.1) is 12.0 Å². The summed E-state index contributed by atoms with van der Waals surface area (Å²) in [5.74, 6) is 0.322. The Bertz CT molecular complexity index is 928. The van der Waals surface area contributed by atoms with Crippen LogP contribution in [0.4, 0.5) is 11.6 Å². The van der Waals surface area contributed by atoms with Gasteiger partial charge < -0.3 is 10.6 Å². The lowest BCUT2D eigenvalue weighted by molar-refractivity contribution is -0.121. The van der Waals surface area contributed by atoms with Gasteiger partial charge in [-0.3, -0.25) is 4.79 Å². The first-order valence-electron chi connectivity index (χ1n) is 8.85.